The molecule has 0 spiro atoms. The van der Waals surface area contributed by atoms with Crippen molar-refractivity contribution in [3.63, 3.8) is 0 Å². The van der Waals surface area contributed by atoms with Gasteiger partial charge >= 0.3 is 0 Å². The Morgan fingerprint density at radius 3 is 2.89 bits per heavy atom. The lowest BCUT2D eigenvalue weighted by Gasteiger charge is -2.12. The smallest absolute Gasteiger partial charge is 0.267 e. The molecule has 0 aliphatic carbocycles. The van der Waals surface area contributed by atoms with Crippen LogP contribution in [0.1, 0.15) is 18.4 Å². The molecule has 0 fully saturated rings. The number of carbonyl (C=O) groups is 2. The van der Waals surface area contributed by atoms with E-state index >= 15 is 0 Å². The Morgan fingerprint density at radius 1 is 1.47 bits per heavy atom. The fourth-order valence-electron chi connectivity index (χ4n) is 1.57. The average Bonchev–Trinajstić information content (AvgIpc) is 2.40. The summed E-state index contributed by atoms with van der Waals surface area (Å²) in [5.74, 6) is -1.07. The van der Waals surface area contributed by atoms with Gasteiger partial charge in [0.1, 0.15) is 11.5 Å². The van der Waals surface area contributed by atoms with Crippen LogP contribution in [0.25, 0.3) is 0 Å². The van der Waals surface area contributed by atoms with Crippen LogP contribution in [-0.4, -0.2) is 17.5 Å². The van der Waals surface area contributed by atoms with E-state index in [1.807, 2.05) is 0 Å². The van der Waals surface area contributed by atoms with Crippen molar-refractivity contribution in [3.05, 3.63) is 34.6 Å². The maximum absolute atomic E-state index is 12.9. The molecule has 0 radical (unpaired) electrons. The third kappa shape index (κ3) is 3.51. The van der Waals surface area contributed by atoms with Crippen LogP contribution in [-0.2, 0) is 16.1 Å². The predicted octanol–water partition coefficient (Wildman–Crippen LogP) is 1.36. The standard InChI is InChI=1S/C12H11ClFN3O2/c13-8-5-7(1-2-9(8)14)6-15-12(19)10-3-4-11(18)17-16-10/h1-2,5H,3-4,6H2,(H,15,19)(H,17,18). The first-order valence-corrected chi connectivity index (χ1v) is 6.01. The van der Waals surface area contributed by atoms with Gasteiger partial charge in [0, 0.05) is 19.4 Å². The number of amides is 2. The predicted molar refractivity (Wildman–Crippen MR) is 68.1 cm³/mol. The fourth-order valence-corrected chi connectivity index (χ4v) is 1.77. The summed E-state index contributed by atoms with van der Waals surface area (Å²) in [4.78, 5) is 22.6. The van der Waals surface area contributed by atoms with E-state index in [1.54, 1.807) is 0 Å². The van der Waals surface area contributed by atoms with Gasteiger partial charge in [-0.1, -0.05) is 17.7 Å². The van der Waals surface area contributed by atoms with Gasteiger partial charge in [0.2, 0.25) is 5.91 Å². The van der Waals surface area contributed by atoms with Gasteiger partial charge in [0.15, 0.2) is 0 Å². The zero-order chi connectivity index (χ0) is 13.8. The Balaban J connectivity index is 1.93. The molecule has 2 amide bonds. The summed E-state index contributed by atoms with van der Waals surface area (Å²) in [5.41, 5.74) is 3.20. The van der Waals surface area contributed by atoms with E-state index < -0.39 is 5.82 Å². The number of hydrogen-bond acceptors (Lipinski definition) is 3. The SMILES string of the molecule is O=C1CCC(C(=O)NCc2ccc(F)c(Cl)c2)=NN1. The zero-order valence-electron chi connectivity index (χ0n) is 9.87. The first-order valence-electron chi connectivity index (χ1n) is 5.64. The van der Waals surface area contributed by atoms with E-state index in [1.165, 1.54) is 18.2 Å². The van der Waals surface area contributed by atoms with E-state index in [9.17, 15) is 14.0 Å². The minimum absolute atomic E-state index is 0.00835. The summed E-state index contributed by atoms with van der Waals surface area (Å²) >= 11 is 5.63. The topological polar surface area (TPSA) is 70.6 Å². The van der Waals surface area contributed by atoms with Gasteiger partial charge in [-0.05, 0) is 17.7 Å². The molecule has 7 heteroatoms. The average molecular weight is 284 g/mol. The van der Waals surface area contributed by atoms with Gasteiger partial charge in [-0.2, -0.15) is 5.10 Å². The number of hydrazone groups is 1. The second-order valence-corrected chi connectivity index (χ2v) is 4.43. The summed E-state index contributed by atoms with van der Waals surface area (Å²) in [6.45, 7) is 0.214. The molecular weight excluding hydrogens is 273 g/mol. The molecule has 0 unspecified atom stereocenters. The van der Waals surface area contributed by atoms with E-state index in [0.29, 0.717) is 12.0 Å². The lowest BCUT2D eigenvalue weighted by Crippen LogP contribution is -2.36. The highest BCUT2D eigenvalue weighted by atomic mass is 35.5. The van der Waals surface area contributed by atoms with Crippen molar-refractivity contribution in [3.8, 4) is 0 Å². The van der Waals surface area contributed by atoms with Gasteiger partial charge in [-0.25, -0.2) is 9.82 Å². The van der Waals surface area contributed by atoms with Gasteiger partial charge < -0.3 is 5.32 Å². The first kappa shape index (κ1) is 13.5. The maximum Gasteiger partial charge on any atom is 0.267 e. The number of nitrogens with zero attached hydrogens (tertiary/aromatic N) is 1. The molecule has 0 aromatic heterocycles. The van der Waals surface area contributed by atoms with Crippen LogP contribution in [0.2, 0.25) is 5.02 Å². The van der Waals surface area contributed by atoms with Crippen molar-refractivity contribution in [2.75, 3.05) is 0 Å². The number of benzene rings is 1. The molecule has 100 valence electrons. The van der Waals surface area contributed by atoms with E-state index in [4.69, 9.17) is 11.6 Å². The summed E-state index contributed by atoms with van der Waals surface area (Å²) in [6.07, 6.45) is 0.552. The van der Waals surface area contributed by atoms with Crippen LogP contribution in [0, 0.1) is 5.82 Å². The quantitative estimate of drug-likeness (QED) is 0.879. The third-order valence-electron chi connectivity index (χ3n) is 2.60. The summed E-state index contributed by atoms with van der Waals surface area (Å²) in [6, 6.07) is 4.22. The Hall–Kier alpha value is -1.95. The summed E-state index contributed by atoms with van der Waals surface area (Å²) < 4.78 is 12.9. The van der Waals surface area contributed by atoms with Crippen molar-refractivity contribution in [2.45, 2.75) is 19.4 Å². The number of hydrogen-bond donors (Lipinski definition) is 2. The van der Waals surface area contributed by atoms with Crippen LogP contribution in [0.15, 0.2) is 23.3 Å². The van der Waals surface area contributed by atoms with Crippen molar-refractivity contribution < 1.29 is 14.0 Å². The molecule has 19 heavy (non-hydrogen) atoms. The molecule has 2 N–H and O–H groups in total. The molecule has 1 aromatic rings. The molecule has 0 saturated carbocycles. The van der Waals surface area contributed by atoms with Crippen LogP contribution >= 0.6 is 11.6 Å². The molecule has 1 aromatic carbocycles. The molecular formula is C12H11ClFN3O2. The monoisotopic (exact) mass is 283 g/mol. The summed E-state index contributed by atoms with van der Waals surface area (Å²) in [5, 5.41) is 6.31. The van der Waals surface area contributed by atoms with Crippen molar-refractivity contribution in [1.82, 2.24) is 10.7 Å². The molecule has 1 aliphatic heterocycles. The molecule has 0 atom stereocenters. The number of halogens is 2. The van der Waals surface area contributed by atoms with Gasteiger partial charge in [0.25, 0.3) is 5.91 Å². The highest BCUT2D eigenvalue weighted by Crippen LogP contribution is 2.15. The lowest BCUT2D eigenvalue weighted by atomic mass is 10.1. The van der Waals surface area contributed by atoms with E-state index in [0.717, 1.165) is 0 Å². The van der Waals surface area contributed by atoms with Crippen LogP contribution in [0.5, 0.6) is 0 Å². The Bertz CT molecular complexity index is 560. The molecule has 0 bridgehead atoms. The zero-order valence-corrected chi connectivity index (χ0v) is 10.6. The maximum atomic E-state index is 12.9. The minimum atomic E-state index is -0.504. The number of carbonyl (C=O) groups excluding carboxylic acids is 2. The molecule has 5 nitrogen and oxygen atoms in total. The van der Waals surface area contributed by atoms with Crippen LogP contribution in [0.3, 0.4) is 0 Å². The van der Waals surface area contributed by atoms with Crippen LogP contribution in [0.4, 0.5) is 4.39 Å². The first-order chi connectivity index (χ1) is 9.06. The molecule has 1 aliphatic rings. The lowest BCUT2D eigenvalue weighted by molar-refractivity contribution is -0.121. The van der Waals surface area contributed by atoms with Gasteiger partial charge in [-0.3, -0.25) is 9.59 Å². The fraction of sp³-hybridized carbons (Fsp3) is 0.250. The van der Waals surface area contributed by atoms with Gasteiger partial charge in [-0.15, -0.1) is 0 Å². The highest BCUT2D eigenvalue weighted by molar-refractivity contribution is 6.39. The third-order valence-corrected chi connectivity index (χ3v) is 2.89. The number of nitrogens with one attached hydrogen (secondary N) is 2. The molecule has 0 saturated heterocycles. The molecule has 1 heterocycles. The Morgan fingerprint density at radius 2 is 2.26 bits per heavy atom. The van der Waals surface area contributed by atoms with E-state index in [2.05, 4.69) is 15.8 Å². The second kappa shape index (κ2) is 5.79. The second-order valence-electron chi connectivity index (χ2n) is 4.02. The Kier molecular flexibility index (Phi) is 4.11. The molecule has 2 rings (SSSR count). The Labute approximate surface area is 113 Å². The van der Waals surface area contributed by atoms with Gasteiger partial charge in [0.05, 0.1) is 5.02 Å². The number of rotatable bonds is 3. The normalized spacial score (nSPS) is 14.6. The van der Waals surface area contributed by atoms with Crippen molar-refractivity contribution in [1.29, 1.82) is 0 Å². The highest BCUT2D eigenvalue weighted by Gasteiger charge is 2.17. The largest absolute Gasteiger partial charge is 0.347 e. The summed E-state index contributed by atoms with van der Waals surface area (Å²) in [7, 11) is 0. The minimum Gasteiger partial charge on any atom is -0.347 e. The van der Waals surface area contributed by atoms with Crippen molar-refractivity contribution in [2.24, 2.45) is 5.10 Å². The van der Waals surface area contributed by atoms with Crippen molar-refractivity contribution >= 4 is 29.1 Å². The van der Waals surface area contributed by atoms with Crippen LogP contribution < -0.4 is 10.7 Å². The van der Waals surface area contributed by atoms with E-state index in [-0.39, 0.29) is 35.5 Å².